The molecule has 2 amide bonds. The Morgan fingerprint density at radius 1 is 1.32 bits per heavy atom. The zero-order valence-corrected chi connectivity index (χ0v) is 13.0. The molecule has 1 aliphatic rings. The van der Waals surface area contributed by atoms with E-state index >= 15 is 0 Å². The zero-order chi connectivity index (χ0) is 15.9. The highest BCUT2D eigenvalue weighted by atomic mass is 16.2. The summed E-state index contributed by atoms with van der Waals surface area (Å²) in [5, 5.41) is 1.06. The third-order valence-electron chi connectivity index (χ3n) is 4.59. The normalized spacial score (nSPS) is 18.6. The van der Waals surface area contributed by atoms with Crippen molar-refractivity contribution in [2.24, 2.45) is 18.7 Å². The number of hydrogen-bond acceptors (Lipinski definition) is 2. The monoisotopic (exact) mass is 299 g/mol. The number of rotatable bonds is 2. The second kappa shape index (κ2) is 5.48. The van der Waals surface area contributed by atoms with Gasteiger partial charge in [-0.15, -0.1) is 0 Å². The third kappa shape index (κ3) is 2.36. The van der Waals surface area contributed by atoms with Gasteiger partial charge >= 0.3 is 0 Å². The lowest BCUT2D eigenvalue weighted by Gasteiger charge is -2.31. The van der Waals surface area contributed by atoms with E-state index in [1.54, 1.807) is 4.90 Å². The molecule has 2 N–H and O–H groups in total. The smallest absolute Gasteiger partial charge is 0.270 e. The molecular formula is C17H21N3O2. The maximum Gasteiger partial charge on any atom is 0.270 e. The Hall–Kier alpha value is -2.30. The molecule has 1 fully saturated rings. The number of piperidine rings is 1. The van der Waals surface area contributed by atoms with Crippen LogP contribution in [0.1, 0.15) is 28.9 Å². The van der Waals surface area contributed by atoms with Gasteiger partial charge in [0.25, 0.3) is 5.91 Å². The minimum Gasteiger partial charge on any atom is -0.369 e. The predicted octanol–water partition coefficient (Wildman–Crippen LogP) is 1.82. The van der Waals surface area contributed by atoms with E-state index in [9.17, 15) is 9.59 Å². The second-order valence-electron chi connectivity index (χ2n) is 6.09. The van der Waals surface area contributed by atoms with Gasteiger partial charge in [-0.2, -0.15) is 0 Å². The first-order chi connectivity index (χ1) is 10.5. The van der Waals surface area contributed by atoms with Crippen LogP contribution >= 0.6 is 0 Å². The molecule has 0 aliphatic carbocycles. The van der Waals surface area contributed by atoms with Gasteiger partial charge in [-0.05, 0) is 31.4 Å². The molecule has 1 atom stereocenters. The molecular weight excluding hydrogens is 278 g/mol. The average molecular weight is 299 g/mol. The molecule has 0 radical (unpaired) electrons. The SMILES string of the molecule is Cc1cccc2cc(C(=O)N3CCCC(C(N)=O)C3)n(C)c12. The Morgan fingerprint density at radius 3 is 2.77 bits per heavy atom. The summed E-state index contributed by atoms with van der Waals surface area (Å²) in [5.41, 5.74) is 8.28. The fourth-order valence-electron chi connectivity index (χ4n) is 3.38. The number of fused-ring (bicyclic) bond motifs is 1. The number of carbonyl (C=O) groups excluding carboxylic acids is 2. The van der Waals surface area contributed by atoms with E-state index < -0.39 is 0 Å². The standard InChI is InChI=1S/C17H21N3O2/c1-11-5-3-6-12-9-14(19(2)15(11)12)17(22)20-8-4-7-13(10-20)16(18)21/h3,5-6,9,13H,4,7-8,10H2,1-2H3,(H2,18,21). The van der Waals surface area contributed by atoms with Gasteiger partial charge in [0.1, 0.15) is 5.69 Å². The van der Waals surface area contributed by atoms with Crippen LogP contribution in [-0.2, 0) is 11.8 Å². The van der Waals surface area contributed by atoms with Gasteiger partial charge in [0.15, 0.2) is 0 Å². The lowest BCUT2D eigenvalue weighted by atomic mass is 9.97. The molecule has 2 heterocycles. The quantitative estimate of drug-likeness (QED) is 0.919. The Labute approximate surface area is 129 Å². The van der Waals surface area contributed by atoms with Crippen LogP contribution in [-0.4, -0.2) is 34.4 Å². The second-order valence-corrected chi connectivity index (χ2v) is 6.09. The number of benzene rings is 1. The molecule has 2 aromatic rings. The van der Waals surface area contributed by atoms with Gasteiger partial charge in [0.05, 0.1) is 11.4 Å². The minimum atomic E-state index is -0.314. The Kier molecular flexibility index (Phi) is 3.64. The number of aryl methyl sites for hydroxylation is 2. The van der Waals surface area contributed by atoms with Crippen LogP contribution in [0.15, 0.2) is 24.3 Å². The van der Waals surface area contributed by atoms with E-state index in [0.29, 0.717) is 18.8 Å². The molecule has 0 saturated carbocycles. The van der Waals surface area contributed by atoms with Crippen LogP contribution in [0.5, 0.6) is 0 Å². The van der Waals surface area contributed by atoms with Crippen molar-refractivity contribution in [1.82, 2.24) is 9.47 Å². The van der Waals surface area contributed by atoms with Crippen molar-refractivity contribution in [2.75, 3.05) is 13.1 Å². The van der Waals surface area contributed by atoms with Crippen molar-refractivity contribution in [1.29, 1.82) is 0 Å². The van der Waals surface area contributed by atoms with Crippen LogP contribution in [0.4, 0.5) is 0 Å². The summed E-state index contributed by atoms with van der Waals surface area (Å²) in [4.78, 5) is 26.0. The Morgan fingerprint density at radius 2 is 2.09 bits per heavy atom. The third-order valence-corrected chi connectivity index (χ3v) is 4.59. The molecule has 22 heavy (non-hydrogen) atoms. The molecule has 1 aromatic carbocycles. The van der Waals surface area contributed by atoms with Crippen molar-refractivity contribution >= 4 is 22.7 Å². The number of likely N-dealkylation sites (tertiary alicyclic amines) is 1. The summed E-state index contributed by atoms with van der Waals surface area (Å²) in [6.45, 7) is 3.15. The first kappa shape index (κ1) is 14.6. The molecule has 3 rings (SSSR count). The Bertz CT molecular complexity index is 748. The molecule has 0 spiro atoms. The first-order valence-corrected chi connectivity index (χ1v) is 7.62. The van der Waals surface area contributed by atoms with Gasteiger partial charge < -0.3 is 15.2 Å². The maximum absolute atomic E-state index is 12.8. The number of nitrogens with two attached hydrogens (primary N) is 1. The fraction of sp³-hybridized carbons (Fsp3) is 0.412. The number of hydrogen-bond donors (Lipinski definition) is 1. The number of nitrogens with zero attached hydrogens (tertiary/aromatic N) is 2. The molecule has 1 aromatic heterocycles. The van der Waals surface area contributed by atoms with Crippen molar-refractivity contribution in [3.63, 3.8) is 0 Å². The summed E-state index contributed by atoms with van der Waals surface area (Å²) in [6.07, 6.45) is 1.59. The van der Waals surface area contributed by atoms with Crippen LogP contribution in [0, 0.1) is 12.8 Å². The number of aromatic nitrogens is 1. The molecule has 1 aliphatic heterocycles. The van der Waals surface area contributed by atoms with E-state index in [0.717, 1.165) is 29.3 Å². The molecule has 116 valence electrons. The van der Waals surface area contributed by atoms with Crippen molar-refractivity contribution in [3.05, 3.63) is 35.5 Å². The number of para-hydroxylation sites is 1. The highest BCUT2D eigenvalue weighted by molar-refractivity contribution is 5.99. The predicted molar refractivity (Wildman–Crippen MR) is 85.5 cm³/mol. The molecule has 5 heteroatoms. The van der Waals surface area contributed by atoms with Gasteiger partial charge in [0.2, 0.25) is 5.91 Å². The van der Waals surface area contributed by atoms with Crippen LogP contribution in [0.3, 0.4) is 0 Å². The van der Waals surface area contributed by atoms with E-state index in [2.05, 4.69) is 0 Å². The average Bonchev–Trinajstić information content (AvgIpc) is 2.85. The van der Waals surface area contributed by atoms with Gasteiger partial charge in [-0.1, -0.05) is 18.2 Å². The summed E-state index contributed by atoms with van der Waals surface area (Å²) < 4.78 is 1.95. The van der Waals surface area contributed by atoms with Gasteiger partial charge in [0, 0.05) is 25.5 Å². The summed E-state index contributed by atoms with van der Waals surface area (Å²) >= 11 is 0. The van der Waals surface area contributed by atoms with Crippen LogP contribution in [0.25, 0.3) is 10.9 Å². The fourth-order valence-corrected chi connectivity index (χ4v) is 3.38. The highest BCUT2D eigenvalue weighted by Gasteiger charge is 2.29. The van der Waals surface area contributed by atoms with Gasteiger partial charge in [-0.3, -0.25) is 9.59 Å². The molecule has 1 unspecified atom stereocenters. The molecule has 5 nitrogen and oxygen atoms in total. The topological polar surface area (TPSA) is 68.3 Å². The maximum atomic E-state index is 12.8. The van der Waals surface area contributed by atoms with E-state index in [1.807, 2.05) is 42.8 Å². The van der Waals surface area contributed by atoms with E-state index in [-0.39, 0.29) is 17.7 Å². The van der Waals surface area contributed by atoms with Crippen molar-refractivity contribution in [2.45, 2.75) is 19.8 Å². The van der Waals surface area contributed by atoms with Crippen molar-refractivity contribution < 1.29 is 9.59 Å². The summed E-state index contributed by atoms with van der Waals surface area (Å²) in [6, 6.07) is 7.98. The van der Waals surface area contributed by atoms with Crippen LogP contribution in [0.2, 0.25) is 0 Å². The molecule has 0 bridgehead atoms. The summed E-state index contributed by atoms with van der Waals surface area (Å²) in [7, 11) is 1.91. The van der Waals surface area contributed by atoms with Crippen LogP contribution < -0.4 is 5.73 Å². The zero-order valence-electron chi connectivity index (χ0n) is 13.0. The highest BCUT2D eigenvalue weighted by Crippen LogP contribution is 2.24. The first-order valence-electron chi connectivity index (χ1n) is 7.62. The van der Waals surface area contributed by atoms with E-state index in [1.165, 1.54) is 0 Å². The number of amides is 2. The largest absolute Gasteiger partial charge is 0.369 e. The van der Waals surface area contributed by atoms with Crippen molar-refractivity contribution in [3.8, 4) is 0 Å². The van der Waals surface area contributed by atoms with Gasteiger partial charge in [-0.25, -0.2) is 0 Å². The Balaban J connectivity index is 1.94. The number of carbonyl (C=O) groups is 2. The van der Waals surface area contributed by atoms with E-state index in [4.69, 9.17) is 5.73 Å². The number of primary amides is 1. The lowest BCUT2D eigenvalue weighted by molar-refractivity contribution is -0.123. The minimum absolute atomic E-state index is 0.0240. The summed E-state index contributed by atoms with van der Waals surface area (Å²) in [5.74, 6) is -0.566. The lowest BCUT2D eigenvalue weighted by Crippen LogP contribution is -2.44. The molecule has 1 saturated heterocycles.